The highest BCUT2D eigenvalue weighted by atomic mass is 32.1. The maximum Gasteiger partial charge on any atom is 0.0462 e. The summed E-state index contributed by atoms with van der Waals surface area (Å²) in [6.45, 7) is 0. The molecule has 0 N–H and O–H groups in total. The molecule has 11 aromatic rings. The lowest BCUT2D eigenvalue weighted by Gasteiger charge is -2.26. The van der Waals surface area contributed by atoms with Gasteiger partial charge in [0.2, 0.25) is 0 Å². The van der Waals surface area contributed by atoms with Gasteiger partial charge in [-0.15, -0.1) is 11.3 Å². The van der Waals surface area contributed by atoms with Crippen LogP contribution in [-0.2, 0) is 0 Å². The number of hydrogen-bond acceptors (Lipinski definition) is 2. The van der Waals surface area contributed by atoms with Gasteiger partial charge in [0.15, 0.2) is 0 Å². The maximum absolute atomic E-state index is 2.37. The molecule has 0 bridgehead atoms. The van der Waals surface area contributed by atoms with Crippen molar-refractivity contribution in [2.24, 2.45) is 0 Å². The molecule has 58 heavy (non-hydrogen) atoms. The zero-order valence-electron chi connectivity index (χ0n) is 31.7. The molecule has 1 aromatic heterocycles. The fourth-order valence-corrected chi connectivity index (χ4v) is 10.0. The van der Waals surface area contributed by atoms with Crippen molar-refractivity contribution >= 4 is 70.1 Å². The van der Waals surface area contributed by atoms with E-state index in [-0.39, 0.29) is 0 Å². The van der Waals surface area contributed by atoms with Crippen LogP contribution < -0.4 is 4.90 Å². The molecule has 11 rings (SSSR count). The van der Waals surface area contributed by atoms with Crippen LogP contribution in [-0.4, -0.2) is 0 Å². The molecule has 272 valence electrons. The van der Waals surface area contributed by atoms with Crippen LogP contribution in [0.25, 0.3) is 86.2 Å². The Bertz CT molecular complexity index is 3120. The van der Waals surface area contributed by atoms with Gasteiger partial charge < -0.3 is 4.90 Å². The second-order valence-corrected chi connectivity index (χ2v) is 15.9. The lowest BCUT2D eigenvalue weighted by Crippen LogP contribution is -2.09. The van der Waals surface area contributed by atoms with Crippen LogP contribution >= 0.6 is 11.3 Å². The standard InChI is InChI=1S/C56H37NS/c1-2-12-40(13-3-1)51-22-10-24-53-54-25-11-23-52(56(54)58-55(51)53)43-30-36-46(37-31-43)57(44-32-26-41(27-33-44)49-20-8-16-38-14-4-6-18-47(38)49)45-34-28-42(29-35-45)50-21-9-17-39-15-5-7-19-48(39)50/h1-37H. The first-order valence-electron chi connectivity index (χ1n) is 19.8. The van der Waals surface area contributed by atoms with Gasteiger partial charge >= 0.3 is 0 Å². The van der Waals surface area contributed by atoms with Crippen molar-refractivity contribution in [2.45, 2.75) is 0 Å². The van der Waals surface area contributed by atoms with E-state index in [9.17, 15) is 0 Å². The Morgan fingerprint density at radius 1 is 0.241 bits per heavy atom. The number of nitrogens with zero attached hydrogens (tertiary/aromatic N) is 1. The molecule has 0 radical (unpaired) electrons. The second kappa shape index (κ2) is 14.4. The van der Waals surface area contributed by atoms with Crippen LogP contribution in [0.1, 0.15) is 0 Å². The summed E-state index contributed by atoms with van der Waals surface area (Å²) in [4.78, 5) is 2.37. The van der Waals surface area contributed by atoms with Gasteiger partial charge in [0, 0.05) is 37.2 Å². The minimum absolute atomic E-state index is 1.11. The van der Waals surface area contributed by atoms with Crippen LogP contribution in [0.15, 0.2) is 224 Å². The highest BCUT2D eigenvalue weighted by Crippen LogP contribution is 2.45. The van der Waals surface area contributed by atoms with Crippen molar-refractivity contribution in [3.05, 3.63) is 224 Å². The van der Waals surface area contributed by atoms with E-state index in [1.165, 1.54) is 86.2 Å². The SMILES string of the molecule is c1ccc(-c2cccc3c2sc2c(-c4ccc(N(c5ccc(-c6cccc7ccccc67)cc5)c5ccc(-c6cccc7ccccc67)cc5)cc4)cccc23)cc1. The number of fused-ring (bicyclic) bond motifs is 5. The minimum Gasteiger partial charge on any atom is -0.311 e. The van der Waals surface area contributed by atoms with Gasteiger partial charge in [-0.05, 0) is 102 Å². The molecule has 0 saturated heterocycles. The lowest BCUT2D eigenvalue weighted by atomic mass is 9.97. The van der Waals surface area contributed by atoms with E-state index in [1.54, 1.807) is 0 Å². The maximum atomic E-state index is 2.37. The number of hydrogen-bond donors (Lipinski definition) is 0. The molecule has 0 aliphatic rings. The summed E-state index contributed by atoms with van der Waals surface area (Å²) in [5.74, 6) is 0. The molecular weight excluding hydrogens is 719 g/mol. The normalized spacial score (nSPS) is 11.4. The highest BCUT2D eigenvalue weighted by Gasteiger charge is 2.17. The van der Waals surface area contributed by atoms with E-state index >= 15 is 0 Å². The van der Waals surface area contributed by atoms with Crippen molar-refractivity contribution in [1.82, 2.24) is 0 Å². The molecule has 0 amide bonds. The average Bonchev–Trinajstić information content (AvgIpc) is 3.69. The van der Waals surface area contributed by atoms with Crippen LogP contribution in [0.3, 0.4) is 0 Å². The van der Waals surface area contributed by atoms with Gasteiger partial charge in [-0.25, -0.2) is 0 Å². The molecule has 0 unspecified atom stereocenters. The molecule has 0 atom stereocenters. The summed E-state index contributed by atoms with van der Waals surface area (Å²) in [5.41, 5.74) is 13.2. The van der Waals surface area contributed by atoms with Gasteiger partial charge in [0.25, 0.3) is 0 Å². The number of thiophene rings is 1. The van der Waals surface area contributed by atoms with Crippen molar-refractivity contribution in [3.8, 4) is 44.5 Å². The Hall–Kier alpha value is -7.26. The molecular formula is C56H37NS. The Morgan fingerprint density at radius 3 is 1.03 bits per heavy atom. The molecule has 0 fully saturated rings. The predicted octanol–water partition coefficient (Wildman–Crippen LogP) is 16.5. The quantitative estimate of drug-likeness (QED) is 0.157. The largest absolute Gasteiger partial charge is 0.311 e. The second-order valence-electron chi connectivity index (χ2n) is 14.9. The van der Waals surface area contributed by atoms with E-state index in [1.807, 2.05) is 11.3 Å². The molecule has 1 nitrogen and oxygen atoms in total. The summed E-state index contributed by atoms with van der Waals surface area (Å²) >= 11 is 1.90. The third-order valence-corrected chi connectivity index (χ3v) is 12.8. The fraction of sp³-hybridized carbons (Fsp3) is 0. The Labute approximate surface area is 342 Å². The van der Waals surface area contributed by atoms with E-state index in [0.29, 0.717) is 0 Å². The summed E-state index contributed by atoms with van der Waals surface area (Å²) < 4.78 is 2.65. The van der Waals surface area contributed by atoms with Crippen molar-refractivity contribution < 1.29 is 0 Å². The van der Waals surface area contributed by atoms with Gasteiger partial charge in [-0.3, -0.25) is 0 Å². The number of benzene rings is 10. The Kier molecular flexibility index (Phi) is 8.42. The summed E-state index contributed by atoms with van der Waals surface area (Å²) in [6, 6.07) is 81.7. The lowest BCUT2D eigenvalue weighted by molar-refractivity contribution is 1.28. The highest BCUT2D eigenvalue weighted by molar-refractivity contribution is 7.26. The zero-order valence-corrected chi connectivity index (χ0v) is 32.5. The van der Waals surface area contributed by atoms with E-state index < -0.39 is 0 Å². The summed E-state index contributed by atoms with van der Waals surface area (Å²) in [6.07, 6.45) is 0. The van der Waals surface area contributed by atoms with Gasteiger partial charge in [0.05, 0.1) is 0 Å². The molecule has 0 aliphatic heterocycles. The molecule has 1 heterocycles. The van der Waals surface area contributed by atoms with Crippen LogP contribution in [0.5, 0.6) is 0 Å². The first kappa shape index (κ1) is 34.0. The molecule has 0 saturated carbocycles. The third kappa shape index (κ3) is 5.94. The molecule has 0 aliphatic carbocycles. The third-order valence-electron chi connectivity index (χ3n) is 11.5. The number of anilines is 3. The van der Waals surface area contributed by atoms with Gasteiger partial charge in [0.1, 0.15) is 0 Å². The number of rotatable bonds is 7. The van der Waals surface area contributed by atoms with Crippen LogP contribution in [0, 0.1) is 0 Å². The van der Waals surface area contributed by atoms with Gasteiger partial charge in [-0.1, -0.05) is 188 Å². The molecule has 10 aromatic carbocycles. The molecule has 2 heteroatoms. The topological polar surface area (TPSA) is 3.24 Å². The van der Waals surface area contributed by atoms with E-state index in [0.717, 1.165) is 17.1 Å². The minimum atomic E-state index is 1.11. The predicted molar refractivity (Wildman–Crippen MR) is 251 cm³/mol. The zero-order chi connectivity index (χ0) is 38.4. The molecule has 0 spiro atoms. The van der Waals surface area contributed by atoms with E-state index in [2.05, 4.69) is 229 Å². The van der Waals surface area contributed by atoms with Crippen LogP contribution in [0.2, 0.25) is 0 Å². The van der Waals surface area contributed by atoms with Crippen molar-refractivity contribution in [1.29, 1.82) is 0 Å². The van der Waals surface area contributed by atoms with Gasteiger partial charge in [-0.2, -0.15) is 0 Å². The monoisotopic (exact) mass is 755 g/mol. The summed E-state index contributed by atoms with van der Waals surface area (Å²) in [7, 11) is 0. The van der Waals surface area contributed by atoms with Crippen molar-refractivity contribution in [3.63, 3.8) is 0 Å². The first-order valence-corrected chi connectivity index (χ1v) is 20.7. The summed E-state index contributed by atoms with van der Waals surface area (Å²) in [5, 5.41) is 7.64. The van der Waals surface area contributed by atoms with Crippen LogP contribution in [0.4, 0.5) is 17.1 Å². The first-order chi connectivity index (χ1) is 28.8. The van der Waals surface area contributed by atoms with Crippen molar-refractivity contribution in [2.75, 3.05) is 4.90 Å². The smallest absolute Gasteiger partial charge is 0.0462 e. The fourth-order valence-electron chi connectivity index (χ4n) is 8.66. The average molecular weight is 756 g/mol. The Balaban J connectivity index is 1.00. The van der Waals surface area contributed by atoms with E-state index in [4.69, 9.17) is 0 Å². The Morgan fingerprint density at radius 2 is 0.569 bits per heavy atom.